The Morgan fingerprint density at radius 2 is 1.81 bits per heavy atom. The van der Waals surface area contributed by atoms with Gasteiger partial charge in [-0.15, -0.1) is 11.3 Å². The molecule has 0 spiro atoms. The summed E-state index contributed by atoms with van der Waals surface area (Å²) in [5.41, 5.74) is 1.30. The third-order valence-electron chi connectivity index (χ3n) is 3.59. The van der Waals surface area contributed by atoms with E-state index in [2.05, 4.69) is 5.32 Å². The monoisotopic (exact) mass is 389 g/mol. The first kappa shape index (κ1) is 18.1. The van der Waals surface area contributed by atoms with Crippen molar-refractivity contribution in [2.45, 2.75) is 0 Å². The number of hydrogen-bond acceptors (Lipinski definition) is 4. The van der Waals surface area contributed by atoms with Gasteiger partial charge in [-0.05, 0) is 48.0 Å². The molecule has 1 aromatic heterocycles. The maximum Gasteiger partial charge on any atom is 0.340 e. The predicted molar refractivity (Wildman–Crippen MR) is 100 cm³/mol. The number of esters is 1. The Kier molecular flexibility index (Phi) is 5.35. The van der Waals surface area contributed by atoms with E-state index < -0.39 is 5.97 Å². The summed E-state index contributed by atoms with van der Waals surface area (Å²) in [5.74, 6) is -1.28. The topological polar surface area (TPSA) is 55.4 Å². The Bertz CT molecular complexity index is 969. The second kappa shape index (κ2) is 7.68. The molecule has 1 N–H and O–H groups in total. The van der Waals surface area contributed by atoms with Crippen molar-refractivity contribution >= 4 is 40.5 Å². The van der Waals surface area contributed by atoms with Crippen LogP contribution >= 0.6 is 22.9 Å². The molecule has 26 heavy (non-hydrogen) atoms. The lowest BCUT2D eigenvalue weighted by Gasteiger charge is -2.09. The van der Waals surface area contributed by atoms with Gasteiger partial charge in [0.1, 0.15) is 5.82 Å². The van der Waals surface area contributed by atoms with Crippen LogP contribution in [0.5, 0.6) is 0 Å². The van der Waals surface area contributed by atoms with Crippen LogP contribution in [-0.4, -0.2) is 19.0 Å². The smallest absolute Gasteiger partial charge is 0.340 e. The largest absolute Gasteiger partial charge is 0.465 e. The number of thiophene rings is 1. The summed E-state index contributed by atoms with van der Waals surface area (Å²) in [6, 6.07) is 14.0. The van der Waals surface area contributed by atoms with E-state index in [1.807, 2.05) is 0 Å². The molecule has 3 rings (SSSR count). The van der Waals surface area contributed by atoms with Crippen LogP contribution in [-0.2, 0) is 4.74 Å². The van der Waals surface area contributed by atoms with E-state index in [4.69, 9.17) is 16.3 Å². The van der Waals surface area contributed by atoms with Gasteiger partial charge in [0.2, 0.25) is 0 Å². The molecule has 0 radical (unpaired) electrons. The number of ether oxygens (including phenoxy) is 1. The van der Waals surface area contributed by atoms with E-state index >= 15 is 0 Å². The van der Waals surface area contributed by atoms with Gasteiger partial charge in [-0.3, -0.25) is 4.79 Å². The van der Waals surface area contributed by atoms with Crippen molar-refractivity contribution in [1.29, 1.82) is 0 Å². The zero-order valence-corrected chi connectivity index (χ0v) is 15.2. The van der Waals surface area contributed by atoms with Crippen molar-refractivity contribution in [1.82, 2.24) is 0 Å². The standard InChI is InChI=1S/C19H13ClFNO3S/c1-25-19(24)14-10-12(20)4-7-15(14)22-18(23)17-9-8-16(26-17)11-2-5-13(21)6-3-11/h2-10H,1H3,(H,22,23). The number of rotatable bonds is 4. The Morgan fingerprint density at radius 1 is 1.08 bits per heavy atom. The van der Waals surface area contributed by atoms with Crippen molar-refractivity contribution in [3.8, 4) is 10.4 Å². The molecular weight excluding hydrogens is 377 g/mol. The highest BCUT2D eigenvalue weighted by molar-refractivity contribution is 7.17. The Balaban J connectivity index is 1.83. The summed E-state index contributed by atoms with van der Waals surface area (Å²) in [6.07, 6.45) is 0. The molecule has 7 heteroatoms. The SMILES string of the molecule is COC(=O)c1cc(Cl)ccc1NC(=O)c1ccc(-c2ccc(F)cc2)s1. The number of halogens is 2. The molecule has 0 bridgehead atoms. The third-order valence-corrected chi connectivity index (χ3v) is 4.96. The zero-order chi connectivity index (χ0) is 18.7. The lowest BCUT2D eigenvalue weighted by molar-refractivity contribution is 0.0602. The van der Waals surface area contributed by atoms with Crippen molar-refractivity contribution in [2.75, 3.05) is 12.4 Å². The molecule has 2 aromatic carbocycles. The lowest BCUT2D eigenvalue weighted by Crippen LogP contribution is -2.14. The van der Waals surface area contributed by atoms with Crippen LogP contribution in [0, 0.1) is 5.82 Å². The van der Waals surface area contributed by atoms with Crippen LogP contribution in [0.4, 0.5) is 10.1 Å². The van der Waals surface area contributed by atoms with Gasteiger partial charge in [0.15, 0.2) is 0 Å². The number of hydrogen-bond donors (Lipinski definition) is 1. The molecule has 0 aliphatic carbocycles. The number of methoxy groups -OCH3 is 1. The number of carbonyl (C=O) groups excluding carboxylic acids is 2. The molecule has 4 nitrogen and oxygen atoms in total. The van der Waals surface area contributed by atoms with Crippen LogP contribution in [0.3, 0.4) is 0 Å². The normalized spacial score (nSPS) is 10.4. The molecule has 1 heterocycles. The molecule has 0 saturated carbocycles. The molecule has 0 aliphatic rings. The summed E-state index contributed by atoms with van der Waals surface area (Å²) >= 11 is 7.17. The van der Waals surface area contributed by atoms with Crippen molar-refractivity contribution in [2.24, 2.45) is 0 Å². The van der Waals surface area contributed by atoms with Gasteiger partial charge in [0, 0.05) is 9.90 Å². The molecule has 0 aliphatic heterocycles. The highest BCUT2D eigenvalue weighted by atomic mass is 35.5. The number of carbonyl (C=O) groups is 2. The first-order chi connectivity index (χ1) is 12.5. The first-order valence-electron chi connectivity index (χ1n) is 7.53. The average Bonchev–Trinajstić information content (AvgIpc) is 3.13. The van der Waals surface area contributed by atoms with Gasteiger partial charge < -0.3 is 10.1 Å². The maximum absolute atomic E-state index is 13.0. The van der Waals surface area contributed by atoms with E-state index in [-0.39, 0.29) is 17.3 Å². The number of benzene rings is 2. The molecule has 132 valence electrons. The van der Waals surface area contributed by atoms with Gasteiger partial charge in [-0.1, -0.05) is 23.7 Å². The third kappa shape index (κ3) is 3.92. The summed E-state index contributed by atoms with van der Waals surface area (Å²) in [7, 11) is 1.25. The van der Waals surface area contributed by atoms with Crippen LogP contribution in [0.1, 0.15) is 20.0 Å². The van der Waals surface area contributed by atoms with E-state index in [1.54, 1.807) is 36.4 Å². The zero-order valence-electron chi connectivity index (χ0n) is 13.6. The number of amides is 1. The fourth-order valence-electron chi connectivity index (χ4n) is 2.32. The Hall–Kier alpha value is -2.70. The minimum Gasteiger partial charge on any atom is -0.465 e. The van der Waals surface area contributed by atoms with Crippen LogP contribution in [0.2, 0.25) is 5.02 Å². The molecule has 0 unspecified atom stereocenters. The van der Waals surface area contributed by atoms with E-state index in [9.17, 15) is 14.0 Å². The molecular formula is C19H13ClFNO3S. The van der Waals surface area contributed by atoms with Gasteiger partial charge in [0.05, 0.1) is 23.2 Å². The summed E-state index contributed by atoms with van der Waals surface area (Å²) in [5, 5.41) is 3.05. The van der Waals surface area contributed by atoms with Crippen molar-refractivity contribution in [3.63, 3.8) is 0 Å². The fourth-order valence-corrected chi connectivity index (χ4v) is 3.40. The molecule has 0 atom stereocenters. The van der Waals surface area contributed by atoms with Crippen LogP contribution in [0.15, 0.2) is 54.6 Å². The van der Waals surface area contributed by atoms with E-state index in [1.165, 1.54) is 36.6 Å². The molecule has 3 aromatic rings. The average molecular weight is 390 g/mol. The number of anilines is 1. The highest BCUT2D eigenvalue weighted by Gasteiger charge is 2.17. The van der Waals surface area contributed by atoms with E-state index in [0.717, 1.165) is 10.4 Å². The van der Waals surface area contributed by atoms with Crippen molar-refractivity contribution < 1.29 is 18.7 Å². The van der Waals surface area contributed by atoms with E-state index in [0.29, 0.717) is 15.6 Å². The molecule has 1 amide bonds. The summed E-state index contributed by atoms with van der Waals surface area (Å²) in [4.78, 5) is 25.7. The minimum atomic E-state index is -0.596. The van der Waals surface area contributed by atoms with Gasteiger partial charge in [0.25, 0.3) is 5.91 Å². The minimum absolute atomic E-state index is 0.170. The lowest BCUT2D eigenvalue weighted by atomic mass is 10.1. The summed E-state index contributed by atoms with van der Waals surface area (Å²) in [6.45, 7) is 0. The van der Waals surface area contributed by atoms with Gasteiger partial charge in [-0.2, -0.15) is 0 Å². The molecule has 0 saturated heterocycles. The second-order valence-electron chi connectivity index (χ2n) is 5.31. The van der Waals surface area contributed by atoms with Gasteiger partial charge in [-0.25, -0.2) is 9.18 Å². The van der Waals surface area contributed by atoms with Crippen LogP contribution in [0.25, 0.3) is 10.4 Å². The summed E-state index contributed by atoms with van der Waals surface area (Å²) < 4.78 is 17.7. The Morgan fingerprint density at radius 3 is 2.50 bits per heavy atom. The number of nitrogens with one attached hydrogen (secondary N) is 1. The van der Waals surface area contributed by atoms with Crippen molar-refractivity contribution in [3.05, 3.63) is 75.9 Å². The second-order valence-corrected chi connectivity index (χ2v) is 6.83. The first-order valence-corrected chi connectivity index (χ1v) is 8.72. The Labute approximate surface area is 158 Å². The fraction of sp³-hybridized carbons (Fsp3) is 0.0526. The van der Waals surface area contributed by atoms with Crippen LogP contribution < -0.4 is 5.32 Å². The maximum atomic E-state index is 13.0. The van der Waals surface area contributed by atoms with Gasteiger partial charge >= 0.3 is 5.97 Å². The highest BCUT2D eigenvalue weighted by Crippen LogP contribution is 2.29. The predicted octanol–water partition coefficient (Wildman–Crippen LogP) is 5.25. The molecule has 0 fully saturated rings. The quantitative estimate of drug-likeness (QED) is 0.620.